The minimum atomic E-state index is -0.932. The topological polar surface area (TPSA) is 66.8 Å². The van der Waals surface area contributed by atoms with E-state index in [1.54, 1.807) is 24.3 Å². The van der Waals surface area contributed by atoms with Gasteiger partial charge in [0.05, 0.1) is 18.3 Å². The lowest BCUT2D eigenvalue weighted by Gasteiger charge is -2.09. The number of aromatic carboxylic acids is 1. The van der Waals surface area contributed by atoms with Gasteiger partial charge in [-0.2, -0.15) is 0 Å². The molecule has 0 aliphatic carbocycles. The van der Waals surface area contributed by atoms with E-state index in [1.165, 1.54) is 11.8 Å². The van der Waals surface area contributed by atoms with E-state index in [1.807, 2.05) is 6.92 Å². The van der Waals surface area contributed by atoms with Crippen molar-refractivity contribution in [1.29, 1.82) is 0 Å². The fourth-order valence-electron chi connectivity index (χ4n) is 1.19. The molecule has 0 amide bonds. The second-order valence-corrected chi connectivity index (χ2v) is 4.55. The Morgan fingerprint density at radius 3 is 2.59 bits per heavy atom. The normalized spacial score (nSPS) is 12.4. The van der Waals surface area contributed by atoms with Crippen LogP contribution < -0.4 is 0 Å². The third kappa shape index (κ3) is 5.21. The highest BCUT2D eigenvalue weighted by Crippen LogP contribution is 2.19. The summed E-state index contributed by atoms with van der Waals surface area (Å²) >= 11 is 1.48. The SMILES string of the molecule is CCOCC(O)CSc1ccc(C(=O)O)cc1. The van der Waals surface area contributed by atoms with E-state index in [0.717, 1.165) is 4.90 Å². The van der Waals surface area contributed by atoms with E-state index in [9.17, 15) is 9.90 Å². The van der Waals surface area contributed by atoms with Gasteiger partial charge in [0.15, 0.2) is 0 Å². The predicted molar refractivity (Wildman–Crippen MR) is 66.6 cm³/mol. The van der Waals surface area contributed by atoms with Gasteiger partial charge in [0, 0.05) is 17.3 Å². The van der Waals surface area contributed by atoms with Crippen LogP contribution in [-0.2, 0) is 4.74 Å². The summed E-state index contributed by atoms with van der Waals surface area (Å²) in [6, 6.07) is 6.59. The summed E-state index contributed by atoms with van der Waals surface area (Å²) in [7, 11) is 0. The van der Waals surface area contributed by atoms with Gasteiger partial charge in [0.25, 0.3) is 0 Å². The minimum absolute atomic E-state index is 0.268. The van der Waals surface area contributed by atoms with Crippen molar-refractivity contribution in [2.75, 3.05) is 19.0 Å². The average molecular weight is 256 g/mol. The predicted octanol–water partition coefficient (Wildman–Crippen LogP) is 1.87. The van der Waals surface area contributed by atoms with Crippen LogP contribution in [0.1, 0.15) is 17.3 Å². The molecular weight excluding hydrogens is 240 g/mol. The average Bonchev–Trinajstić information content (AvgIpc) is 2.34. The first-order chi connectivity index (χ1) is 8.13. The Hall–Kier alpha value is -1.04. The van der Waals surface area contributed by atoms with E-state index in [2.05, 4.69) is 0 Å². The van der Waals surface area contributed by atoms with E-state index in [4.69, 9.17) is 9.84 Å². The van der Waals surface area contributed by atoms with Gasteiger partial charge in [0.2, 0.25) is 0 Å². The van der Waals surface area contributed by atoms with Crippen LogP contribution in [0.4, 0.5) is 0 Å². The number of aliphatic hydroxyl groups excluding tert-OH is 1. The maximum absolute atomic E-state index is 10.6. The first kappa shape index (κ1) is 14.0. The highest BCUT2D eigenvalue weighted by molar-refractivity contribution is 7.99. The van der Waals surface area contributed by atoms with Gasteiger partial charge in [-0.1, -0.05) is 0 Å². The lowest BCUT2D eigenvalue weighted by atomic mass is 10.2. The zero-order valence-electron chi connectivity index (χ0n) is 9.63. The maximum atomic E-state index is 10.6. The number of aliphatic hydroxyl groups is 1. The van der Waals surface area contributed by atoms with Crippen molar-refractivity contribution in [1.82, 2.24) is 0 Å². The molecule has 0 aromatic heterocycles. The van der Waals surface area contributed by atoms with Gasteiger partial charge in [-0.05, 0) is 31.2 Å². The monoisotopic (exact) mass is 256 g/mol. The zero-order valence-corrected chi connectivity index (χ0v) is 10.4. The molecule has 0 aliphatic heterocycles. The van der Waals surface area contributed by atoms with E-state index >= 15 is 0 Å². The molecule has 1 aromatic carbocycles. The number of benzene rings is 1. The minimum Gasteiger partial charge on any atom is -0.478 e. The lowest BCUT2D eigenvalue weighted by Crippen LogP contribution is -2.17. The molecule has 0 saturated carbocycles. The molecule has 0 radical (unpaired) electrons. The van der Waals surface area contributed by atoms with Gasteiger partial charge in [0.1, 0.15) is 0 Å². The van der Waals surface area contributed by atoms with Crippen molar-refractivity contribution < 1.29 is 19.7 Å². The molecule has 0 fully saturated rings. The number of ether oxygens (including phenoxy) is 1. The van der Waals surface area contributed by atoms with Crippen LogP contribution in [0.3, 0.4) is 0 Å². The Balaban J connectivity index is 2.39. The first-order valence-electron chi connectivity index (χ1n) is 5.35. The second-order valence-electron chi connectivity index (χ2n) is 3.45. The highest BCUT2D eigenvalue weighted by atomic mass is 32.2. The first-order valence-corrected chi connectivity index (χ1v) is 6.34. The van der Waals surface area contributed by atoms with Crippen LogP contribution in [0, 0.1) is 0 Å². The number of thioether (sulfide) groups is 1. The summed E-state index contributed by atoms with van der Waals surface area (Å²) in [5, 5.41) is 18.3. The third-order valence-corrected chi connectivity index (χ3v) is 3.21. The number of hydrogen-bond acceptors (Lipinski definition) is 4. The number of hydrogen-bond donors (Lipinski definition) is 2. The number of carbonyl (C=O) groups is 1. The molecule has 1 aromatic rings. The van der Waals surface area contributed by atoms with E-state index in [0.29, 0.717) is 19.0 Å². The van der Waals surface area contributed by atoms with Crippen LogP contribution in [0.15, 0.2) is 29.2 Å². The molecule has 1 unspecified atom stereocenters. The second kappa shape index (κ2) is 7.32. The molecule has 0 spiro atoms. The van der Waals surface area contributed by atoms with Crippen LogP contribution >= 0.6 is 11.8 Å². The molecule has 5 heteroatoms. The van der Waals surface area contributed by atoms with Crippen molar-refractivity contribution in [2.24, 2.45) is 0 Å². The van der Waals surface area contributed by atoms with Crippen molar-refractivity contribution >= 4 is 17.7 Å². The smallest absolute Gasteiger partial charge is 0.335 e. The number of carboxylic acid groups (broad SMARTS) is 1. The van der Waals surface area contributed by atoms with Crippen LogP contribution in [0.2, 0.25) is 0 Å². The van der Waals surface area contributed by atoms with Crippen LogP contribution in [0.25, 0.3) is 0 Å². The Morgan fingerprint density at radius 1 is 1.41 bits per heavy atom. The molecule has 94 valence electrons. The summed E-state index contributed by atoms with van der Waals surface area (Å²) in [5.41, 5.74) is 0.268. The summed E-state index contributed by atoms with van der Waals surface area (Å²) in [6.07, 6.45) is -0.501. The number of carboxylic acids is 1. The zero-order chi connectivity index (χ0) is 12.7. The number of rotatable bonds is 7. The van der Waals surface area contributed by atoms with Crippen molar-refractivity contribution in [3.05, 3.63) is 29.8 Å². The van der Waals surface area contributed by atoms with Gasteiger partial charge >= 0.3 is 5.97 Å². The lowest BCUT2D eigenvalue weighted by molar-refractivity contribution is 0.0551. The van der Waals surface area contributed by atoms with Crippen LogP contribution in [0.5, 0.6) is 0 Å². The van der Waals surface area contributed by atoms with Crippen molar-refractivity contribution in [3.63, 3.8) is 0 Å². The van der Waals surface area contributed by atoms with Gasteiger partial charge < -0.3 is 14.9 Å². The van der Waals surface area contributed by atoms with Crippen molar-refractivity contribution in [2.45, 2.75) is 17.9 Å². The summed E-state index contributed by atoms with van der Waals surface area (Å²) < 4.78 is 5.09. The molecule has 17 heavy (non-hydrogen) atoms. The molecule has 0 saturated heterocycles. The van der Waals surface area contributed by atoms with Gasteiger partial charge in [-0.15, -0.1) is 11.8 Å². The third-order valence-electron chi connectivity index (χ3n) is 2.06. The Bertz CT molecular complexity index is 350. The molecule has 0 aliphatic rings. The summed E-state index contributed by atoms with van der Waals surface area (Å²) in [6.45, 7) is 2.80. The molecule has 0 heterocycles. The summed E-state index contributed by atoms with van der Waals surface area (Å²) in [4.78, 5) is 11.6. The fourth-order valence-corrected chi connectivity index (χ4v) is 2.00. The molecule has 2 N–H and O–H groups in total. The molecule has 1 atom stereocenters. The molecule has 4 nitrogen and oxygen atoms in total. The van der Waals surface area contributed by atoms with Gasteiger partial charge in [-0.3, -0.25) is 0 Å². The van der Waals surface area contributed by atoms with E-state index < -0.39 is 12.1 Å². The fraction of sp³-hybridized carbons (Fsp3) is 0.417. The molecule has 1 rings (SSSR count). The largest absolute Gasteiger partial charge is 0.478 e. The quantitative estimate of drug-likeness (QED) is 0.729. The standard InChI is InChI=1S/C12H16O4S/c1-2-16-7-10(13)8-17-11-5-3-9(4-6-11)12(14)15/h3-6,10,13H,2,7-8H2,1H3,(H,14,15). The highest BCUT2D eigenvalue weighted by Gasteiger charge is 2.06. The molecular formula is C12H16O4S. The molecule has 0 bridgehead atoms. The summed E-state index contributed by atoms with van der Waals surface area (Å²) in [5.74, 6) is -0.398. The van der Waals surface area contributed by atoms with Crippen LogP contribution in [-0.4, -0.2) is 41.3 Å². The maximum Gasteiger partial charge on any atom is 0.335 e. The Labute approximate surface area is 105 Å². The van der Waals surface area contributed by atoms with Crippen molar-refractivity contribution in [3.8, 4) is 0 Å². The Morgan fingerprint density at radius 2 is 2.06 bits per heavy atom. The van der Waals surface area contributed by atoms with E-state index in [-0.39, 0.29) is 5.56 Å². The Kier molecular flexibility index (Phi) is 6.04. The van der Waals surface area contributed by atoms with Gasteiger partial charge in [-0.25, -0.2) is 4.79 Å².